The molecule has 7 heteroatoms. The van der Waals surface area contributed by atoms with Gasteiger partial charge in [-0.05, 0) is 38.8 Å². The van der Waals surface area contributed by atoms with Gasteiger partial charge in [-0.3, -0.25) is 9.88 Å². The fourth-order valence-electron chi connectivity index (χ4n) is 2.43. The largest absolute Gasteiger partial charge is 0.417 e. The summed E-state index contributed by atoms with van der Waals surface area (Å²) in [6.07, 6.45) is -2.04. The van der Waals surface area contributed by atoms with Gasteiger partial charge < -0.3 is 5.11 Å². The van der Waals surface area contributed by atoms with Crippen molar-refractivity contribution in [3.63, 3.8) is 0 Å². The van der Waals surface area contributed by atoms with Crippen molar-refractivity contribution in [2.24, 2.45) is 5.92 Å². The summed E-state index contributed by atoms with van der Waals surface area (Å²) in [5, 5.41) is 9.67. The zero-order valence-corrected chi connectivity index (χ0v) is 11.5. The Bertz CT molecular complexity index is 398. The fourth-order valence-corrected chi connectivity index (χ4v) is 3.06. The third-order valence-electron chi connectivity index (χ3n) is 3.82. The molecule has 1 aliphatic heterocycles. The first kappa shape index (κ1) is 14.7. The summed E-state index contributed by atoms with van der Waals surface area (Å²) in [4.78, 5) is 7.20. The second-order valence-corrected chi connectivity index (χ2v) is 6.13. The van der Waals surface area contributed by atoms with Gasteiger partial charge in [0.15, 0.2) is 5.60 Å². The molecule has 2 rings (SSSR count). The molecule has 0 aromatic carbocycles. The van der Waals surface area contributed by atoms with Crippen molar-refractivity contribution in [2.45, 2.75) is 38.1 Å². The van der Waals surface area contributed by atoms with Gasteiger partial charge in [0.1, 0.15) is 0 Å². The summed E-state index contributed by atoms with van der Waals surface area (Å²) in [7, 11) is 0. The first-order chi connectivity index (χ1) is 8.80. The zero-order chi connectivity index (χ0) is 14.1. The Morgan fingerprint density at radius 2 is 2.05 bits per heavy atom. The van der Waals surface area contributed by atoms with E-state index in [1.54, 1.807) is 23.0 Å². The molecular formula is C12H17F3N2OS. The molecule has 1 fully saturated rings. The molecule has 0 bridgehead atoms. The molecule has 0 amide bonds. The highest BCUT2D eigenvalue weighted by atomic mass is 32.1. The molecule has 1 unspecified atom stereocenters. The van der Waals surface area contributed by atoms with E-state index in [4.69, 9.17) is 0 Å². The number of piperidine rings is 1. The lowest BCUT2D eigenvalue weighted by Crippen LogP contribution is -2.52. The number of likely N-dealkylation sites (tertiary alicyclic amines) is 1. The smallest absolute Gasteiger partial charge is 0.380 e. The summed E-state index contributed by atoms with van der Waals surface area (Å²) in [6, 6.07) is 0. The van der Waals surface area contributed by atoms with Crippen molar-refractivity contribution in [1.82, 2.24) is 9.88 Å². The van der Waals surface area contributed by atoms with Crippen molar-refractivity contribution in [1.29, 1.82) is 0 Å². The van der Waals surface area contributed by atoms with Crippen LogP contribution in [0, 0.1) is 5.92 Å². The van der Waals surface area contributed by atoms with E-state index in [2.05, 4.69) is 9.88 Å². The van der Waals surface area contributed by atoms with Gasteiger partial charge in [-0.2, -0.15) is 13.2 Å². The number of halogens is 3. The topological polar surface area (TPSA) is 36.4 Å². The molecule has 1 saturated heterocycles. The van der Waals surface area contributed by atoms with Crippen LogP contribution < -0.4 is 0 Å². The lowest BCUT2D eigenvalue weighted by atomic mass is 9.81. The van der Waals surface area contributed by atoms with Crippen LogP contribution in [0.5, 0.6) is 0 Å². The molecule has 1 aliphatic rings. The summed E-state index contributed by atoms with van der Waals surface area (Å²) in [5.41, 5.74) is -0.833. The third-order valence-corrected chi connectivity index (χ3v) is 4.58. The van der Waals surface area contributed by atoms with Crippen molar-refractivity contribution in [3.05, 3.63) is 16.6 Å². The minimum absolute atomic E-state index is 0.366. The van der Waals surface area contributed by atoms with Crippen LogP contribution in [0.3, 0.4) is 0 Å². The van der Waals surface area contributed by atoms with E-state index in [1.165, 1.54) is 0 Å². The minimum Gasteiger partial charge on any atom is -0.380 e. The molecule has 2 heterocycles. The molecular weight excluding hydrogens is 277 g/mol. The summed E-state index contributed by atoms with van der Waals surface area (Å²) < 4.78 is 38.3. The number of rotatable bonds is 3. The number of hydrogen-bond donors (Lipinski definition) is 1. The Balaban J connectivity index is 1.89. The quantitative estimate of drug-likeness (QED) is 0.931. The van der Waals surface area contributed by atoms with E-state index < -0.39 is 17.7 Å². The minimum atomic E-state index is -4.56. The second-order valence-electron chi connectivity index (χ2n) is 5.16. The molecule has 0 spiro atoms. The van der Waals surface area contributed by atoms with Gasteiger partial charge in [-0.15, -0.1) is 11.3 Å². The Morgan fingerprint density at radius 3 is 2.53 bits per heavy atom. The monoisotopic (exact) mass is 294 g/mol. The van der Waals surface area contributed by atoms with Crippen LogP contribution in [0.4, 0.5) is 13.2 Å². The molecule has 1 atom stereocenters. The molecule has 1 aromatic heterocycles. The molecule has 19 heavy (non-hydrogen) atoms. The van der Waals surface area contributed by atoms with Gasteiger partial charge in [0.25, 0.3) is 0 Å². The summed E-state index contributed by atoms with van der Waals surface area (Å²) in [6.45, 7) is 2.77. The predicted octanol–water partition coefficient (Wildman–Crippen LogP) is 2.67. The van der Waals surface area contributed by atoms with Crippen LogP contribution in [0.2, 0.25) is 0 Å². The highest BCUT2D eigenvalue weighted by Crippen LogP contribution is 2.40. The molecule has 1 N–H and O–H groups in total. The number of alkyl halides is 3. The van der Waals surface area contributed by atoms with E-state index in [0.29, 0.717) is 25.9 Å². The van der Waals surface area contributed by atoms with Gasteiger partial charge in [0, 0.05) is 17.6 Å². The number of aromatic nitrogens is 1. The number of aliphatic hydroxyl groups is 1. The number of hydrogen-bond acceptors (Lipinski definition) is 4. The summed E-state index contributed by atoms with van der Waals surface area (Å²) >= 11 is 1.55. The summed E-state index contributed by atoms with van der Waals surface area (Å²) in [5.74, 6) is -0.717. The van der Waals surface area contributed by atoms with Gasteiger partial charge in [0.05, 0.1) is 5.51 Å². The van der Waals surface area contributed by atoms with Crippen LogP contribution >= 0.6 is 11.3 Å². The Kier molecular flexibility index (Phi) is 4.17. The zero-order valence-electron chi connectivity index (χ0n) is 10.7. The maximum Gasteiger partial charge on any atom is 0.417 e. The molecule has 0 aliphatic carbocycles. The molecule has 108 valence electrons. The maximum absolute atomic E-state index is 12.8. The Hall–Kier alpha value is -0.660. The first-order valence-electron chi connectivity index (χ1n) is 6.19. The van der Waals surface area contributed by atoms with Gasteiger partial charge in [-0.25, -0.2) is 0 Å². The molecule has 3 nitrogen and oxygen atoms in total. The van der Waals surface area contributed by atoms with Gasteiger partial charge >= 0.3 is 6.18 Å². The maximum atomic E-state index is 12.8. The highest BCUT2D eigenvalue weighted by molar-refractivity contribution is 7.09. The SMILES string of the molecule is CC(O)(C1CCN(Cc2cncs2)CC1)C(F)(F)F. The highest BCUT2D eigenvalue weighted by Gasteiger charge is 2.54. The van der Waals surface area contributed by atoms with E-state index >= 15 is 0 Å². The van der Waals surface area contributed by atoms with Gasteiger partial charge in [0.2, 0.25) is 0 Å². The molecule has 0 saturated carbocycles. The van der Waals surface area contributed by atoms with Crippen LogP contribution in [0.1, 0.15) is 24.6 Å². The van der Waals surface area contributed by atoms with Crippen molar-refractivity contribution in [3.8, 4) is 0 Å². The number of nitrogens with zero attached hydrogens (tertiary/aromatic N) is 2. The van der Waals surface area contributed by atoms with Crippen LogP contribution in [0.25, 0.3) is 0 Å². The third kappa shape index (κ3) is 3.27. The molecule has 1 aromatic rings. The average Bonchev–Trinajstić information content (AvgIpc) is 2.81. The standard InChI is InChI=1S/C12H17F3N2OS/c1-11(18,12(13,14)15)9-2-4-17(5-3-9)7-10-6-16-8-19-10/h6,8-9,18H,2-5,7H2,1H3. The first-order valence-corrected chi connectivity index (χ1v) is 7.07. The Morgan fingerprint density at radius 1 is 1.42 bits per heavy atom. The molecule has 0 radical (unpaired) electrons. The van der Waals surface area contributed by atoms with Crippen molar-refractivity contribution in [2.75, 3.05) is 13.1 Å². The fraction of sp³-hybridized carbons (Fsp3) is 0.750. The lowest BCUT2D eigenvalue weighted by molar-refractivity contribution is -0.275. The Labute approximate surface area is 114 Å². The number of thiazole rings is 1. The van der Waals surface area contributed by atoms with Crippen LogP contribution in [-0.2, 0) is 6.54 Å². The second kappa shape index (κ2) is 5.38. The normalized spacial score (nSPS) is 22.4. The van der Waals surface area contributed by atoms with E-state index in [1.807, 2.05) is 0 Å². The van der Waals surface area contributed by atoms with E-state index in [9.17, 15) is 18.3 Å². The van der Waals surface area contributed by atoms with Crippen molar-refractivity contribution < 1.29 is 18.3 Å². The van der Waals surface area contributed by atoms with Crippen LogP contribution in [-0.4, -0.2) is 39.9 Å². The van der Waals surface area contributed by atoms with Crippen molar-refractivity contribution >= 4 is 11.3 Å². The van der Waals surface area contributed by atoms with Gasteiger partial charge in [-0.1, -0.05) is 0 Å². The average molecular weight is 294 g/mol. The van der Waals surface area contributed by atoms with E-state index in [-0.39, 0.29) is 0 Å². The van der Waals surface area contributed by atoms with Crippen LogP contribution in [0.15, 0.2) is 11.7 Å². The predicted molar refractivity (Wildman–Crippen MR) is 66.8 cm³/mol. The van der Waals surface area contributed by atoms with E-state index in [0.717, 1.165) is 18.3 Å². The lowest BCUT2D eigenvalue weighted by Gasteiger charge is -2.40.